The minimum absolute atomic E-state index is 0.00193. The largest absolute Gasteiger partial charge is 0.495 e. The molecule has 2 aromatic rings. The summed E-state index contributed by atoms with van der Waals surface area (Å²) in [7, 11) is -2.60. The molecule has 0 saturated carbocycles. The van der Waals surface area contributed by atoms with Crippen LogP contribution in [0, 0.1) is 0 Å². The zero-order valence-corrected chi connectivity index (χ0v) is 17.2. The molecule has 0 aliphatic carbocycles. The number of rotatable bonds is 6. The van der Waals surface area contributed by atoms with Gasteiger partial charge in [0.05, 0.1) is 17.7 Å². The van der Waals surface area contributed by atoms with Gasteiger partial charge in [0.25, 0.3) is 21.8 Å². The summed E-state index contributed by atoms with van der Waals surface area (Å²) in [5.41, 5.74) is 6.84. The summed E-state index contributed by atoms with van der Waals surface area (Å²) in [6.07, 6.45) is 0.245. The number of ether oxygens (including phenoxy) is 1. The van der Waals surface area contributed by atoms with Gasteiger partial charge in [-0.1, -0.05) is 18.2 Å². The SMILES string of the molecule is COc1ccccc1NS(=O)(=O)c1cccc(C(=O)NNC(=O)C2=NNC(=O)CC2)c1. The van der Waals surface area contributed by atoms with Crippen LogP contribution < -0.4 is 25.7 Å². The van der Waals surface area contributed by atoms with Crippen LogP contribution in [0.3, 0.4) is 0 Å². The smallest absolute Gasteiger partial charge is 0.285 e. The average molecular weight is 445 g/mol. The zero-order valence-electron chi connectivity index (χ0n) is 16.3. The lowest BCUT2D eigenvalue weighted by Gasteiger charge is -2.13. The van der Waals surface area contributed by atoms with Gasteiger partial charge in [-0.2, -0.15) is 5.10 Å². The predicted octanol–water partition coefficient (Wildman–Crippen LogP) is 0.523. The summed E-state index contributed by atoms with van der Waals surface area (Å²) < 4.78 is 33.0. The van der Waals surface area contributed by atoms with Crippen molar-refractivity contribution in [3.05, 3.63) is 54.1 Å². The maximum atomic E-state index is 12.7. The van der Waals surface area contributed by atoms with E-state index in [1.807, 2.05) is 0 Å². The van der Waals surface area contributed by atoms with E-state index in [1.165, 1.54) is 25.3 Å². The molecule has 31 heavy (non-hydrogen) atoms. The molecule has 3 amide bonds. The molecule has 2 aromatic carbocycles. The Hall–Kier alpha value is -3.93. The molecule has 3 rings (SSSR count). The predicted molar refractivity (Wildman–Crippen MR) is 111 cm³/mol. The van der Waals surface area contributed by atoms with Gasteiger partial charge < -0.3 is 4.74 Å². The molecule has 0 spiro atoms. The molecular formula is C19H19N5O6S. The fourth-order valence-electron chi connectivity index (χ4n) is 2.63. The molecule has 1 aliphatic heterocycles. The second-order valence-corrected chi connectivity index (χ2v) is 8.02. The number of para-hydroxylation sites is 2. The standard InChI is InChI=1S/C19H19N5O6S/c1-30-16-8-3-2-7-14(16)24-31(28,29)13-6-4-5-12(11-13)18(26)22-23-19(27)15-9-10-17(25)21-20-15/h2-8,11,24H,9-10H2,1H3,(H,21,25)(H,22,26)(H,23,27). The van der Waals surface area contributed by atoms with E-state index in [9.17, 15) is 22.8 Å². The van der Waals surface area contributed by atoms with E-state index in [0.29, 0.717) is 5.75 Å². The molecule has 4 N–H and O–H groups in total. The number of nitrogens with zero attached hydrogens (tertiary/aromatic N) is 1. The number of hydrazine groups is 1. The van der Waals surface area contributed by atoms with Gasteiger partial charge in [-0.25, -0.2) is 13.8 Å². The van der Waals surface area contributed by atoms with Crippen LogP contribution >= 0.6 is 0 Å². The molecule has 0 aromatic heterocycles. The number of amides is 3. The van der Waals surface area contributed by atoms with Gasteiger partial charge >= 0.3 is 0 Å². The topological polar surface area (TPSA) is 155 Å². The van der Waals surface area contributed by atoms with Crippen molar-refractivity contribution in [1.82, 2.24) is 16.3 Å². The fourth-order valence-corrected chi connectivity index (χ4v) is 3.75. The molecule has 0 saturated heterocycles. The maximum Gasteiger partial charge on any atom is 0.285 e. The van der Waals surface area contributed by atoms with Crippen molar-refractivity contribution < 1.29 is 27.5 Å². The molecule has 0 radical (unpaired) electrons. The number of carbonyl (C=O) groups excluding carboxylic acids is 3. The molecule has 162 valence electrons. The highest BCUT2D eigenvalue weighted by molar-refractivity contribution is 7.92. The van der Waals surface area contributed by atoms with Crippen LogP contribution in [-0.4, -0.2) is 39.0 Å². The molecule has 1 heterocycles. The van der Waals surface area contributed by atoms with E-state index in [0.717, 1.165) is 6.07 Å². The highest BCUT2D eigenvalue weighted by Gasteiger charge is 2.20. The van der Waals surface area contributed by atoms with Gasteiger partial charge in [-0.3, -0.25) is 30.0 Å². The van der Waals surface area contributed by atoms with Crippen molar-refractivity contribution in [2.45, 2.75) is 17.7 Å². The zero-order chi connectivity index (χ0) is 22.4. The Labute approximate surface area is 177 Å². The molecule has 0 bridgehead atoms. The Morgan fingerprint density at radius 3 is 2.48 bits per heavy atom. The number of hydrogen-bond acceptors (Lipinski definition) is 7. The first kappa shape index (κ1) is 21.8. The minimum Gasteiger partial charge on any atom is -0.495 e. The Bertz CT molecular complexity index is 1160. The van der Waals surface area contributed by atoms with E-state index in [1.54, 1.807) is 24.3 Å². The summed E-state index contributed by atoms with van der Waals surface area (Å²) >= 11 is 0. The van der Waals surface area contributed by atoms with Gasteiger partial charge in [0.15, 0.2) is 0 Å². The van der Waals surface area contributed by atoms with Gasteiger partial charge in [-0.15, -0.1) is 0 Å². The van der Waals surface area contributed by atoms with E-state index < -0.39 is 21.8 Å². The first-order chi connectivity index (χ1) is 14.8. The third kappa shape index (κ3) is 5.36. The monoisotopic (exact) mass is 445 g/mol. The van der Waals surface area contributed by atoms with Crippen LogP contribution in [0.5, 0.6) is 5.75 Å². The second kappa shape index (κ2) is 9.26. The van der Waals surface area contributed by atoms with Crippen molar-refractivity contribution in [3.63, 3.8) is 0 Å². The molecule has 1 aliphatic rings. The molecule has 12 heteroatoms. The number of hydrogen-bond donors (Lipinski definition) is 4. The normalized spacial score (nSPS) is 13.5. The Kier molecular flexibility index (Phi) is 6.50. The number of carbonyl (C=O) groups is 3. The fraction of sp³-hybridized carbons (Fsp3) is 0.158. The first-order valence-electron chi connectivity index (χ1n) is 9.02. The Morgan fingerprint density at radius 1 is 1.03 bits per heavy atom. The van der Waals surface area contributed by atoms with Gasteiger partial charge in [0, 0.05) is 18.4 Å². The summed E-state index contributed by atoms with van der Waals surface area (Å²) in [4.78, 5) is 35.3. The molecule has 0 fully saturated rings. The summed E-state index contributed by atoms with van der Waals surface area (Å²) in [6, 6.07) is 11.8. The lowest BCUT2D eigenvalue weighted by molar-refractivity contribution is -0.121. The number of hydrazone groups is 1. The summed E-state index contributed by atoms with van der Waals surface area (Å²) in [5, 5.41) is 3.62. The highest BCUT2D eigenvalue weighted by Crippen LogP contribution is 2.26. The third-order valence-corrected chi connectivity index (χ3v) is 5.58. The molecular weight excluding hydrogens is 426 g/mol. The average Bonchev–Trinajstić information content (AvgIpc) is 2.78. The van der Waals surface area contributed by atoms with Crippen LogP contribution in [0.25, 0.3) is 0 Å². The van der Waals surface area contributed by atoms with E-state index in [2.05, 4.69) is 26.1 Å². The number of methoxy groups -OCH3 is 1. The Balaban J connectivity index is 1.69. The van der Waals surface area contributed by atoms with Crippen LogP contribution in [0.2, 0.25) is 0 Å². The molecule has 0 unspecified atom stereocenters. The maximum absolute atomic E-state index is 12.7. The summed E-state index contributed by atoms with van der Waals surface area (Å²) in [6.45, 7) is 0. The lowest BCUT2D eigenvalue weighted by Crippen LogP contribution is -2.46. The third-order valence-electron chi connectivity index (χ3n) is 4.21. The number of benzene rings is 2. The highest BCUT2D eigenvalue weighted by atomic mass is 32.2. The van der Waals surface area contributed by atoms with Crippen LogP contribution in [0.15, 0.2) is 58.5 Å². The van der Waals surface area contributed by atoms with Crippen molar-refractivity contribution >= 4 is 39.1 Å². The van der Waals surface area contributed by atoms with Gasteiger partial charge in [0.1, 0.15) is 11.5 Å². The number of nitrogens with one attached hydrogen (secondary N) is 4. The van der Waals surface area contributed by atoms with Crippen LogP contribution in [0.4, 0.5) is 5.69 Å². The van der Waals surface area contributed by atoms with Crippen molar-refractivity contribution in [2.24, 2.45) is 5.10 Å². The minimum atomic E-state index is -4.01. The van der Waals surface area contributed by atoms with Crippen LogP contribution in [-0.2, 0) is 19.6 Å². The van der Waals surface area contributed by atoms with E-state index >= 15 is 0 Å². The first-order valence-corrected chi connectivity index (χ1v) is 10.5. The van der Waals surface area contributed by atoms with Gasteiger partial charge in [-0.05, 0) is 30.3 Å². The van der Waals surface area contributed by atoms with Crippen molar-refractivity contribution in [1.29, 1.82) is 0 Å². The van der Waals surface area contributed by atoms with Crippen molar-refractivity contribution in [2.75, 3.05) is 11.8 Å². The quantitative estimate of drug-likeness (QED) is 0.475. The number of anilines is 1. The van der Waals surface area contributed by atoms with Crippen LogP contribution in [0.1, 0.15) is 23.2 Å². The van der Waals surface area contributed by atoms with Crippen molar-refractivity contribution in [3.8, 4) is 5.75 Å². The second-order valence-electron chi connectivity index (χ2n) is 6.34. The number of sulfonamides is 1. The Morgan fingerprint density at radius 2 is 1.77 bits per heavy atom. The summed E-state index contributed by atoms with van der Waals surface area (Å²) in [5.74, 6) is -1.39. The lowest BCUT2D eigenvalue weighted by atomic mass is 10.2. The van der Waals surface area contributed by atoms with E-state index in [-0.39, 0.29) is 40.6 Å². The van der Waals surface area contributed by atoms with E-state index in [4.69, 9.17) is 4.74 Å². The van der Waals surface area contributed by atoms with Gasteiger partial charge in [0.2, 0.25) is 5.91 Å². The molecule has 11 nitrogen and oxygen atoms in total. The molecule has 0 atom stereocenters.